The summed E-state index contributed by atoms with van der Waals surface area (Å²) in [7, 11) is 0. The Morgan fingerprint density at radius 1 is 1.07 bits per heavy atom. The second-order valence-electron chi connectivity index (χ2n) is 6.85. The number of nitrogens with one attached hydrogen (secondary N) is 1. The first-order chi connectivity index (χ1) is 14.4. The van der Waals surface area contributed by atoms with Crippen LogP contribution >= 0.6 is 0 Å². The van der Waals surface area contributed by atoms with Gasteiger partial charge in [0.25, 0.3) is 11.8 Å². The molecule has 4 amide bonds. The third-order valence-electron chi connectivity index (χ3n) is 4.95. The Bertz CT molecular complexity index is 1230. The van der Waals surface area contributed by atoms with Crippen molar-refractivity contribution >= 4 is 46.5 Å². The Morgan fingerprint density at radius 2 is 1.80 bits per heavy atom. The number of rotatable bonds is 4. The van der Waals surface area contributed by atoms with Gasteiger partial charge in [-0.2, -0.15) is 0 Å². The average molecular weight is 403 g/mol. The molecule has 0 saturated carbocycles. The maximum atomic E-state index is 12.9. The first-order valence-corrected chi connectivity index (χ1v) is 9.17. The lowest BCUT2D eigenvalue weighted by Crippen LogP contribution is -2.54. The second kappa shape index (κ2) is 7.32. The molecular weight excluding hydrogens is 386 g/mol. The number of hydrogen-bond donors (Lipinski definition) is 2. The number of nitrogens with zero attached hydrogens (tertiary/aromatic N) is 2. The van der Waals surface area contributed by atoms with E-state index in [1.165, 1.54) is 6.08 Å². The summed E-state index contributed by atoms with van der Waals surface area (Å²) in [6.45, 7) is 1.58. The zero-order valence-electron chi connectivity index (χ0n) is 15.9. The Hall–Kier alpha value is -4.20. The number of carbonyl (C=O) groups is 4. The van der Waals surface area contributed by atoms with Gasteiger partial charge in [-0.1, -0.05) is 24.3 Å². The fourth-order valence-electron chi connectivity index (χ4n) is 3.36. The average Bonchev–Trinajstić information content (AvgIpc) is 3.14. The number of urea groups is 1. The van der Waals surface area contributed by atoms with E-state index in [0.717, 1.165) is 10.3 Å². The molecule has 1 aliphatic rings. The van der Waals surface area contributed by atoms with Gasteiger partial charge in [0, 0.05) is 17.1 Å². The van der Waals surface area contributed by atoms with Crippen molar-refractivity contribution in [2.45, 2.75) is 13.0 Å². The van der Waals surface area contributed by atoms with Crippen molar-refractivity contribution in [2.24, 2.45) is 0 Å². The molecule has 4 rings (SSSR count). The molecule has 8 nitrogen and oxygen atoms in total. The molecule has 2 heterocycles. The molecule has 0 radical (unpaired) electrons. The number of fused-ring (bicyclic) bond motifs is 1. The number of barbiturate groups is 1. The summed E-state index contributed by atoms with van der Waals surface area (Å²) >= 11 is 0. The van der Waals surface area contributed by atoms with E-state index in [1.807, 2.05) is 0 Å². The van der Waals surface area contributed by atoms with Crippen LogP contribution in [0, 0.1) is 0 Å². The van der Waals surface area contributed by atoms with Gasteiger partial charge < -0.3 is 9.67 Å². The van der Waals surface area contributed by atoms with Gasteiger partial charge in [0.15, 0.2) is 0 Å². The summed E-state index contributed by atoms with van der Waals surface area (Å²) in [6, 6.07) is 13.7. The van der Waals surface area contributed by atoms with Crippen molar-refractivity contribution in [3.63, 3.8) is 0 Å². The predicted molar refractivity (Wildman–Crippen MR) is 110 cm³/mol. The van der Waals surface area contributed by atoms with E-state index in [-0.39, 0.29) is 5.57 Å². The van der Waals surface area contributed by atoms with Crippen molar-refractivity contribution < 1.29 is 24.3 Å². The standard InChI is InChI=1S/C22H17N3O5/c1-13(21(28)29)24-10-9-15-11-14(7-8-18(15)24)12-17-19(26)23-22(30)25(20(17)27)16-5-3-2-4-6-16/h2-13H,1H3,(H,28,29)(H,23,26,30)/b17-12+/t13-/m0/s1. The Kier molecular flexibility index (Phi) is 4.67. The van der Waals surface area contributed by atoms with Crippen molar-refractivity contribution in [3.05, 3.63) is 71.9 Å². The minimum absolute atomic E-state index is 0.170. The molecule has 1 aliphatic heterocycles. The van der Waals surface area contributed by atoms with Gasteiger partial charge in [0.1, 0.15) is 11.6 Å². The van der Waals surface area contributed by atoms with Gasteiger partial charge in [-0.15, -0.1) is 0 Å². The van der Waals surface area contributed by atoms with E-state index in [9.17, 15) is 24.3 Å². The molecule has 1 aromatic heterocycles. The maximum Gasteiger partial charge on any atom is 0.335 e. The Labute approximate surface area is 171 Å². The molecule has 30 heavy (non-hydrogen) atoms. The fraction of sp³-hybridized carbons (Fsp3) is 0.0909. The van der Waals surface area contributed by atoms with Crippen LogP contribution in [-0.2, 0) is 14.4 Å². The van der Waals surface area contributed by atoms with Crippen LogP contribution in [0.25, 0.3) is 17.0 Å². The van der Waals surface area contributed by atoms with Crippen molar-refractivity contribution in [1.29, 1.82) is 0 Å². The maximum absolute atomic E-state index is 12.9. The second-order valence-corrected chi connectivity index (χ2v) is 6.85. The minimum Gasteiger partial charge on any atom is -0.480 e. The first kappa shape index (κ1) is 19.1. The zero-order valence-corrected chi connectivity index (χ0v) is 15.9. The summed E-state index contributed by atoms with van der Waals surface area (Å²) in [5.41, 5.74) is 1.47. The third-order valence-corrected chi connectivity index (χ3v) is 4.95. The highest BCUT2D eigenvalue weighted by atomic mass is 16.4. The molecule has 0 unspecified atom stereocenters. The Morgan fingerprint density at radius 3 is 2.50 bits per heavy atom. The number of carboxylic acids is 1. The lowest BCUT2D eigenvalue weighted by Gasteiger charge is -2.26. The van der Waals surface area contributed by atoms with Gasteiger partial charge in [0.05, 0.1) is 5.69 Å². The fourth-order valence-corrected chi connectivity index (χ4v) is 3.36. The van der Waals surface area contributed by atoms with E-state index < -0.39 is 29.9 Å². The van der Waals surface area contributed by atoms with Crippen molar-refractivity contribution in [3.8, 4) is 0 Å². The lowest BCUT2D eigenvalue weighted by atomic mass is 10.1. The van der Waals surface area contributed by atoms with E-state index in [0.29, 0.717) is 16.8 Å². The molecular formula is C22H17N3O5. The van der Waals surface area contributed by atoms with Crippen LogP contribution in [0.3, 0.4) is 0 Å². The number of amides is 4. The number of carboxylic acid groups (broad SMARTS) is 1. The van der Waals surface area contributed by atoms with Crippen LogP contribution in [-0.4, -0.2) is 33.5 Å². The highest BCUT2D eigenvalue weighted by Crippen LogP contribution is 2.25. The number of aliphatic carboxylic acids is 1. The largest absolute Gasteiger partial charge is 0.480 e. The topological polar surface area (TPSA) is 109 Å². The molecule has 0 spiro atoms. The van der Waals surface area contributed by atoms with Crippen LogP contribution < -0.4 is 10.2 Å². The molecule has 3 aromatic rings. The number of anilines is 1. The van der Waals surface area contributed by atoms with E-state index >= 15 is 0 Å². The summed E-state index contributed by atoms with van der Waals surface area (Å²) in [5, 5.41) is 12.2. The highest BCUT2D eigenvalue weighted by molar-refractivity contribution is 6.39. The summed E-state index contributed by atoms with van der Waals surface area (Å²) in [4.78, 5) is 49.6. The highest BCUT2D eigenvalue weighted by Gasteiger charge is 2.36. The quantitative estimate of drug-likeness (QED) is 0.514. The van der Waals surface area contributed by atoms with Gasteiger partial charge in [-0.3, -0.25) is 14.9 Å². The summed E-state index contributed by atoms with van der Waals surface area (Å²) in [5.74, 6) is -2.43. The van der Waals surface area contributed by atoms with Crippen LogP contribution in [0.15, 0.2) is 66.4 Å². The predicted octanol–water partition coefficient (Wildman–Crippen LogP) is 2.95. The van der Waals surface area contributed by atoms with Crippen LogP contribution in [0.2, 0.25) is 0 Å². The molecule has 8 heteroatoms. The van der Waals surface area contributed by atoms with Gasteiger partial charge in [0.2, 0.25) is 0 Å². The van der Waals surface area contributed by atoms with E-state index in [1.54, 1.807) is 72.3 Å². The zero-order chi connectivity index (χ0) is 21.4. The van der Waals surface area contributed by atoms with Crippen LogP contribution in [0.5, 0.6) is 0 Å². The first-order valence-electron chi connectivity index (χ1n) is 9.17. The van der Waals surface area contributed by atoms with Crippen molar-refractivity contribution in [2.75, 3.05) is 4.90 Å². The number of para-hydroxylation sites is 1. The number of imide groups is 2. The van der Waals surface area contributed by atoms with Crippen LogP contribution in [0.4, 0.5) is 10.5 Å². The molecule has 1 fully saturated rings. The summed E-state index contributed by atoms with van der Waals surface area (Å²) < 4.78 is 1.63. The molecule has 0 bridgehead atoms. The molecule has 1 saturated heterocycles. The lowest BCUT2D eigenvalue weighted by molar-refractivity contribution is -0.140. The normalized spacial score (nSPS) is 16.8. The molecule has 0 aliphatic carbocycles. The van der Waals surface area contributed by atoms with E-state index in [2.05, 4.69) is 5.32 Å². The number of hydrogen-bond acceptors (Lipinski definition) is 4. The Balaban J connectivity index is 1.72. The molecule has 150 valence electrons. The van der Waals surface area contributed by atoms with Gasteiger partial charge >= 0.3 is 12.0 Å². The monoisotopic (exact) mass is 403 g/mol. The number of carbonyl (C=O) groups excluding carboxylic acids is 3. The number of benzene rings is 2. The van der Waals surface area contributed by atoms with Gasteiger partial charge in [-0.05, 0) is 48.9 Å². The molecule has 1 atom stereocenters. The minimum atomic E-state index is -0.950. The van der Waals surface area contributed by atoms with E-state index in [4.69, 9.17) is 0 Å². The van der Waals surface area contributed by atoms with Crippen LogP contribution in [0.1, 0.15) is 18.5 Å². The SMILES string of the molecule is C[C@@H](C(=O)O)n1ccc2cc(/C=C3\C(=O)NC(=O)N(c4ccccc4)C3=O)ccc21. The molecule has 2 N–H and O–H groups in total. The smallest absolute Gasteiger partial charge is 0.335 e. The summed E-state index contributed by atoms with van der Waals surface area (Å²) in [6.07, 6.45) is 3.09. The van der Waals surface area contributed by atoms with Gasteiger partial charge in [-0.25, -0.2) is 14.5 Å². The molecule has 2 aromatic carbocycles. The van der Waals surface area contributed by atoms with Crippen molar-refractivity contribution in [1.82, 2.24) is 9.88 Å². The third kappa shape index (κ3) is 3.24. The number of aromatic nitrogens is 1.